The van der Waals surface area contributed by atoms with Gasteiger partial charge in [-0.3, -0.25) is 4.79 Å². The number of aryl methyl sites for hydroxylation is 1. The van der Waals surface area contributed by atoms with Crippen LogP contribution in [0.5, 0.6) is 11.8 Å². The summed E-state index contributed by atoms with van der Waals surface area (Å²) >= 11 is 0. The zero-order chi connectivity index (χ0) is 25.5. The van der Waals surface area contributed by atoms with Crippen molar-refractivity contribution in [2.24, 2.45) is 0 Å². The predicted octanol–water partition coefficient (Wildman–Crippen LogP) is 5.06. The molecule has 4 aromatic rings. The number of carbonyl (C=O) groups is 1. The minimum atomic E-state index is -0.356. The molecule has 0 spiro atoms. The van der Waals surface area contributed by atoms with Gasteiger partial charge in [0.05, 0.1) is 19.4 Å². The first-order chi connectivity index (χ1) is 17.5. The summed E-state index contributed by atoms with van der Waals surface area (Å²) in [5.74, 6) is 0.578. The molecule has 36 heavy (non-hydrogen) atoms. The van der Waals surface area contributed by atoms with Gasteiger partial charge in [0.25, 0.3) is 5.91 Å². The van der Waals surface area contributed by atoms with Crippen LogP contribution in [0.4, 0.5) is 10.1 Å². The van der Waals surface area contributed by atoms with Crippen LogP contribution in [0.3, 0.4) is 0 Å². The molecule has 1 heterocycles. The molecule has 4 rings (SSSR count). The summed E-state index contributed by atoms with van der Waals surface area (Å²) in [6, 6.07) is 19.1. The lowest BCUT2D eigenvalue weighted by molar-refractivity contribution is 0.102. The van der Waals surface area contributed by atoms with Crippen molar-refractivity contribution >= 4 is 11.6 Å². The summed E-state index contributed by atoms with van der Waals surface area (Å²) < 4.78 is 31.5. The number of rotatable bonds is 10. The Labute approximate surface area is 208 Å². The third kappa shape index (κ3) is 5.87. The van der Waals surface area contributed by atoms with Crippen molar-refractivity contribution in [3.63, 3.8) is 0 Å². The van der Waals surface area contributed by atoms with Gasteiger partial charge < -0.3 is 19.5 Å². The van der Waals surface area contributed by atoms with Gasteiger partial charge in [0, 0.05) is 23.4 Å². The third-order valence-corrected chi connectivity index (χ3v) is 5.37. The molecule has 0 unspecified atom stereocenters. The molecule has 186 valence electrons. The van der Waals surface area contributed by atoms with E-state index < -0.39 is 0 Å². The fourth-order valence-corrected chi connectivity index (χ4v) is 3.50. The number of aromatic nitrogens is 3. The van der Waals surface area contributed by atoms with Crippen LogP contribution < -0.4 is 14.8 Å². The van der Waals surface area contributed by atoms with E-state index in [1.807, 2.05) is 37.3 Å². The molecule has 1 N–H and O–H groups in total. The van der Waals surface area contributed by atoms with Crippen molar-refractivity contribution in [2.75, 3.05) is 32.2 Å². The van der Waals surface area contributed by atoms with E-state index in [4.69, 9.17) is 14.2 Å². The first kappa shape index (κ1) is 24.9. The standard InChI is InChI=1S/C27H27FN4O4/c1-4-35-14-15-36-27-30-25(19-8-11-23(34-3)12-9-19)32(31-27)22-7-5-6-21(17-22)29-26(33)20-10-13-24(28)18(2)16-20/h5-13,16-17H,4,14-15H2,1-3H3,(H,29,33). The number of nitrogens with one attached hydrogen (secondary N) is 1. The normalized spacial score (nSPS) is 10.8. The van der Waals surface area contributed by atoms with Gasteiger partial charge in [-0.2, -0.15) is 4.98 Å². The lowest BCUT2D eigenvalue weighted by Gasteiger charge is -2.10. The van der Waals surface area contributed by atoms with Crippen LogP contribution in [0.25, 0.3) is 17.1 Å². The van der Waals surface area contributed by atoms with Crippen LogP contribution >= 0.6 is 0 Å². The second-order valence-corrected chi connectivity index (χ2v) is 7.87. The predicted molar refractivity (Wildman–Crippen MR) is 134 cm³/mol. The van der Waals surface area contributed by atoms with Crippen molar-refractivity contribution in [3.05, 3.63) is 83.7 Å². The molecule has 1 aromatic heterocycles. The van der Waals surface area contributed by atoms with Crippen molar-refractivity contribution in [1.29, 1.82) is 0 Å². The lowest BCUT2D eigenvalue weighted by atomic mass is 10.1. The first-order valence-electron chi connectivity index (χ1n) is 11.5. The summed E-state index contributed by atoms with van der Waals surface area (Å²) in [5, 5.41) is 7.40. The third-order valence-electron chi connectivity index (χ3n) is 5.37. The van der Waals surface area contributed by atoms with Gasteiger partial charge in [-0.1, -0.05) is 6.07 Å². The van der Waals surface area contributed by atoms with Crippen LogP contribution in [-0.2, 0) is 4.74 Å². The van der Waals surface area contributed by atoms with Crippen molar-refractivity contribution < 1.29 is 23.4 Å². The maximum Gasteiger partial charge on any atom is 0.336 e. The van der Waals surface area contributed by atoms with Gasteiger partial charge in [-0.05, 0) is 80.1 Å². The zero-order valence-corrected chi connectivity index (χ0v) is 20.3. The average Bonchev–Trinajstić information content (AvgIpc) is 3.32. The van der Waals surface area contributed by atoms with Crippen molar-refractivity contribution in [2.45, 2.75) is 13.8 Å². The fourth-order valence-electron chi connectivity index (χ4n) is 3.50. The van der Waals surface area contributed by atoms with E-state index in [-0.39, 0.29) is 17.7 Å². The lowest BCUT2D eigenvalue weighted by Crippen LogP contribution is -2.12. The van der Waals surface area contributed by atoms with Gasteiger partial charge in [-0.15, -0.1) is 5.10 Å². The maximum atomic E-state index is 13.6. The molecule has 8 nitrogen and oxygen atoms in total. The average molecular weight is 491 g/mol. The summed E-state index contributed by atoms with van der Waals surface area (Å²) in [5.41, 5.74) is 2.79. The van der Waals surface area contributed by atoms with E-state index in [0.717, 1.165) is 11.3 Å². The maximum absolute atomic E-state index is 13.6. The van der Waals surface area contributed by atoms with E-state index in [0.29, 0.717) is 48.1 Å². The van der Waals surface area contributed by atoms with E-state index in [1.165, 1.54) is 18.2 Å². The Balaban J connectivity index is 1.63. The summed E-state index contributed by atoms with van der Waals surface area (Å²) in [7, 11) is 1.61. The number of nitrogens with zero attached hydrogens (tertiary/aromatic N) is 3. The van der Waals surface area contributed by atoms with E-state index >= 15 is 0 Å². The number of amides is 1. The Kier molecular flexibility index (Phi) is 7.92. The van der Waals surface area contributed by atoms with Crippen LogP contribution in [0.2, 0.25) is 0 Å². The van der Waals surface area contributed by atoms with Gasteiger partial charge in [-0.25, -0.2) is 9.07 Å². The molecule has 3 aromatic carbocycles. The molecule has 1 amide bonds. The second-order valence-electron chi connectivity index (χ2n) is 7.87. The molecule has 0 atom stereocenters. The molecule has 0 saturated heterocycles. The largest absolute Gasteiger partial charge is 0.497 e. The number of hydrogen-bond donors (Lipinski definition) is 1. The Morgan fingerprint density at radius 3 is 2.58 bits per heavy atom. The summed E-state index contributed by atoms with van der Waals surface area (Å²) in [4.78, 5) is 17.3. The molecular formula is C27H27FN4O4. The Morgan fingerprint density at radius 1 is 1.06 bits per heavy atom. The van der Waals surface area contributed by atoms with Gasteiger partial charge >= 0.3 is 6.01 Å². The molecule has 0 bridgehead atoms. The molecule has 0 fully saturated rings. The van der Waals surface area contributed by atoms with E-state index in [2.05, 4.69) is 15.4 Å². The smallest absolute Gasteiger partial charge is 0.336 e. The molecule has 0 radical (unpaired) electrons. The number of benzene rings is 3. The van der Waals surface area contributed by atoms with Crippen LogP contribution in [0.15, 0.2) is 66.7 Å². The van der Waals surface area contributed by atoms with Crippen molar-refractivity contribution in [1.82, 2.24) is 14.8 Å². The first-order valence-corrected chi connectivity index (χ1v) is 11.5. The Hall–Kier alpha value is -4.24. The molecule has 0 aliphatic rings. The fraction of sp³-hybridized carbons (Fsp3) is 0.222. The van der Waals surface area contributed by atoms with Crippen LogP contribution in [0, 0.1) is 12.7 Å². The minimum Gasteiger partial charge on any atom is -0.497 e. The molecule has 0 aliphatic carbocycles. The van der Waals surface area contributed by atoms with Gasteiger partial charge in [0.1, 0.15) is 18.2 Å². The molecule has 9 heteroatoms. The number of methoxy groups -OCH3 is 1. The van der Waals surface area contributed by atoms with Gasteiger partial charge in [0.2, 0.25) is 0 Å². The Morgan fingerprint density at radius 2 is 1.86 bits per heavy atom. The van der Waals surface area contributed by atoms with Gasteiger partial charge in [0.15, 0.2) is 5.82 Å². The highest BCUT2D eigenvalue weighted by molar-refractivity contribution is 6.04. The van der Waals surface area contributed by atoms with E-state index in [9.17, 15) is 9.18 Å². The van der Waals surface area contributed by atoms with Crippen LogP contribution in [-0.4, -0.2) is 47.6 Å². The molecular weight excluding hydrogens is 463 g/mol. The highest BCUT2D eigenvalue weighted by Crippen LogP contribution is 2.27. The van der Waals surface area contributed by atoms with Crippen molar-refractivity contribution in [3.8, 4) is 28.8 Å². The SMILES string of the molecule is CCOCCOc1nc(-c2ccc(OC)cc2)n(-c2cccc(NC(=O)c3ccc(F)c(C)c3)c2)n1. The summed E-state index contributed by atoms with van der Waals surface area (Å²) in [6.45, 7) is 4.86. The van der Waals surface area contributed by atoms with E-state index in [1.54, 1.807) is 36.9 Å². The Bertz CT molecular complexity index is 1340. The second kappa shape index (κ2) is 11.5. The number of ether oxygens (including phenoxy) is 3. The number of anilines is 1. The number of carbonyl (C=O) groups excluding carboxylic acids is 1. The quantitative estimate of drug-likeness (QED) is 0.313. The number of halogens is 1. The topological polar surface area (TPSA) is 87.5 Å². The zero-order valence-electron chi connectivity index (χ0n) is 20.3. The van der Waals surface area contributed by atoms with Crippen LogP contribution in [0.1, 0.15) is 22.8 Å². The molecule has 0 saturated carbocycles. The minimum absolute atomic E-state index is 0.205. The molecule has 0 aliphatic heterocycles. The monoisotopic (exact) mass is 490 g/mol. The summed E-state index contributed by atoms with van der Waals surface area (Å²) in [6.07, 6.45) is 0. The number of hydrogen-bond acceptors (Lipinski definition) is 6. The highest BCUT2D eigenvalue weighted by Gasteiger charge is 2.16. The highest BCUT2D eigenvalue weighted by atomic mass is 19.1.